The van der Waals surface area contributed by atoms with E-state index in [-0.39, 0.29) is 11.9 Å². The summed E-state index contributed by atoms with van der Waals surface area (Å²) < 4.78 is 5.83. The number of nitrogens with one attached hydrogen (secondary N) is 2. The predicted octanol–water partition coefficient (Wildman–Crippen LogP) is 3.58. The van der Waals surface area contributed by atoms with Crippen LogP contribution in [0.5, 0.6) is 0 Å². The van der Waals surface area contributed by atoms with Crippen LogP contribution in [0.3, 0.4) is 0 Å². The van der Waals surface area contributed by atoms with Crippen molar-refractivity contribution >= 4 is 39.6 Å². The Kier molecular flexibility index (Phi) is 4.88. The Labute approximate surface area is 145 Å². The van der Waals surface area contributed by atoms with Gasteiger partial charge in [0.05, 0.1) is 0 Å². The van der Waals surface area contributed by atoms with Crippen molar-refractivity contribution in [2.75, 3.05) is 25.5 Å². The molecule has 130 valence electrons. The highest BCUT2D eigenvalue weighted by molar-refractivity contribution is 6.06. The van der Waals surface area contributed by atoms with Crippen molar-refractivity contribution in [1.82, 2.24) is 10.2 Å². The SMILES string of the molecule is CC(=O)NCCCN(C)C(=O)Nc1ccc2c(c1)oc1ccccc12. The maximum Gasteiger partial charge on any atom is 0.321 e. The number of amides is 3. The summed E-state index contributed by atoms with van der Waals surface area (Å²) in [6.45, 7) is 2.58. The molecule has 1 aromatic heterocycles. The molecular formula is C19H21N3O3. The van der Waals surface area contributed by atoms with E-state index in [1.807, 2.05) is 42.5 Å². The Bertz CT molecular complexity index is 917. The van der Waals surface area contributed by atoms with Gasteiger partial charge in [-0.3, -0.25) is 4.79 Å². The summed E-state index contributed by atoms with van der Waals surface area (Å²) in [6.07, 6.45) is 0.701. The fraction of sp³-hybridized carbons (Fsp3) is 0.263. The highest BCUT2D eigenvalue weighted by Crippen LogP contribution is 2.30. The Morgan fingerprint density at radius 3 is 2.64 bits per heavy atom. The molecule has 0 saturated carbocycles. The largest absolute Gasteiger partial charge is 0.456 e. The molecule has 2 aromatic carbocycles. The van der Waals surface area contributed by atoms with E-state index >= 15 is 0 Å². The minimum atomic E-state index is -0.196. The van der Waals surface area contributed by atoms with E-state index in [4.69, 9.17) is 4.42 Å². The highest BCUT2D eigenvalue weighted by Gasteiger charge is 2.11. The number of urea groups is 1. The zero-order chi connectivity index (χ0) is 17.8. The van der Waals surface area contributed by atoms with Crippen LogP contribution in [0.15, 0.2) is 46.9 Å². The van der Waals surface area contributed by atoms with E-state index < -0.39 is 0 Å². The lowest BCUT2D eigenvalue weighted by atomic mass is 10.1. The molecule has 3 aromatic rings. The molecule has 0 bridgehead atoms. The Morgan fingerprint density at radius 2 is 1.84 bits per heavy atom. The van der Waals surface area contributed by atoms with Crippen LogP contribution in [-0.2, 0) is 4.79 Å². The molecule has 2 N–H and O–H groups in total. The molecule has 0 aliphatic rings. The number of fused-ring (bicyclic) bond motifs is 3. The normalized spacial score (nSPS) is 10.8. The predicted molar refractivity (Wildman–Crippen MR) is 98.7 cm³/mol. The second-order valence-corrected chi connectivity index (χ2v) is 6.00. The first-order chi connectivity index (χ1) is 12.0. The molecular weight excluding hydrogens is 318 g/mol. The van der Waals surface area contributed by atoms with Crippen LogP contribution in [0.25, 0.3) is 21.9 Å². The lowest BCUT2D eigenvalue weighted by Gasteiger charge is -2.18. The van der Waals surface area contributed by atoms with Gasteiger partial charge in [0.2, 0.25) is 5.91 Å². The summed E-state index contributed by atoms with van der Waals surface area (Å²) in [5.41, 5.74) is 2.26. The van der Waals surface area contributed by atoms with Crippen molar-refractivity contribution in [1.29, 1.82) is 0 Å². The van der Waals surface area contributed by atoms with Gasteiger partial charge in [-0.05, 0) is 24.6 Å². The molecule has 3 rings (SSSR count). The Hall–Kier alpha value is -3.02. The number of nitrogens with zero attached hydrogens (tertiary/aromatic N) is 1. The van der Waals surface area contributed by atoms with Gasteiger partial charge in [0.1, 0.15) is 11.2 Å². The lowest BCUT2D eigenvalue weighted by Crippen LogP contribution is -2.34. The first-order valence-electron chi connectivity index (χ1n) is 8.22. The van der Waals surface area contributed by atoms with Gasteiger partial charge in [-0.1, -0.05) is 18.2 Å². The average molecular weight is 339 g/mol. The van der Waals surface area contributed by atoms with Gasteiger partial charge < -0.3 is 20.0 Å². The molecule has 0 aliphatic carbocycles. The maximum atomic E-state index is 12.2. The van der Waals surface area contributed by atoms with Crippen LogP contribution in [0.4, 0.5) is 10.5 Å². The second kappa shape index (κ2) is 7.25. The van der Waals surface area contributed by atoms with E-state index in [0.29, 0.717) is 25.2 Å². The number of hydrogen-bond acceptors (Lipinski definition) is 3. The van der Waals surface area contributed by atoms with Gasteiger partial charge in [-0.2, -0.15) is 0 Å². The van der Waals surface area contributed by atoms with Gasteiger partial charge in [0, 0.05) is 49.6 Å². The highest BCUT2D eigenvalue weighted by atomic mass is 16.3. The van der Waals surface area contributed by atoms with Crippen LogP contribution >= 0.6 is 0 Å². The molecule has 0 fully saturated rings. The van der Waals surface area contributed by atoms with E-state index in [1.165, 1.54) is 6.92 Å². The summed E-state index contributed by atoms with van der Waals surface area (Å²) in [6, 6.07) is 13.3. The molecule has 0 radical (unpaired) electrons. The molecule has 3 amide bonds. The first-order valence-corrected chi connectivity index (χ1v) is 8.22. The molecule has 0 aliphatic heterocycles. The monoisotopic (exact) mass is 339 g/mol. The van der Waals surface area contributed by atoms with Gasteiger partial charge in [0.15, 0.2) is 0 Å². The van der Waals surface area contributed by atoms with E-state index in [1.54, 1.807) is 11.9 Å². The lowest BCUT2D eigenvalue weighted by molar-refractivity contribution is -0.118. The minimum Gasteiger partial charge on any atom is -0.456 e. The molecule has 25 heavy (non-hydrogen) atoms. The third-order valence-corrected chi connectivity index (χ3v) is 4.02. The van der Waals surface area contributed by atoms with Crippen LogP contribution in [0, 0.1) is 0 Å². The summed E-state index contributed by atoms with van der Waals surface area (Å²) in [4.78, 5) is 24.7. The Morgan fingerprint density at radius 1 is 1.08 bits per heavy atom. The van der Waals surface area contributed by atoms with Gasteiger partial charge in [-0.25, -0.2) is 4.79 Å². The number of anilines is 1. The molecule has 0 atom stereocenters. The average Bonchev–Trinajstić information content (AvgIpc) is 2.96. The minimum absolute atomic E-state index is 0.0637. The van der Waals surface area contributed by atoms with E-state index in [2.05, 4.69) is 10.6 Å². The number of furan rings is 1. The number of para-hydroxylation sites is 1. The molecule has 0 saturated heterocycles. The van der Waals surface area contributed by atoms with Gasteiger partial charge in [0.25, 0.3) is 0 Å². The molecule has 6 nitrogen and oxygen atoms in total. The third kappa shape index (κ3) is 3.91. The standard InChI is InChI=1S/C19H21N3O3/c1-13(23)20-10-5-11-22(2)19(24)21-14-8-9-16-15-6-3-4-7-17(15)25-18(16)12-14/h3-4,6-9,12H,5,10-11H2,1-2H3,(H,20,23)(H,21,24). The van der Waals surface area contributed by atoms with Crippen molar-refractivity contribution < 1.29 is 14.0 Å². The fourth-order valence-corrected chi connectivity index (χ4v) is 2.70. The van der Waals surface area contributed by atoms with Gasteiger partial charge >= 0.3 is 6.03 Å². The summed E-state index contributed by atoms with van der Waals surface area (Å²) >= 11 is 0. The van der Waals surface area contributed by atoms with Crippen molar-refractivity contribution in [3.8, 4) is 0 Å². The van der Waals surface area contributed by atoms with Crippen LogP contribution in [0.2, 0.25) is 0 Å². The zero-order valence-corrected chi connectivity index (χ0v) is 14.3. The molecule has 1 heterocycles. The zero-order valence-electron chi connectivity index (χ0n) is 14.3. The van der Waals surface area contributed by atoms with Gasteiger partial charge in [-0.15, -0.1) is 0 Å². The van der Waals surface area contributed by atoms with Crippen molar-refractivity contribution in [3.05, 3.63) is 42.5 Å². The Balaban J connectivity index is 1.64. The second-order valence-electron chi connectivity index (χ2n) is 6.00. The number of benzene rings is 2. The van der Waals surface area contributed by atoms with Crippen LogP contribution in [0.1, 0.15) is 13.3 Å². The topological polar surface area (TPSA) is 74.6 Å². The fourth-order valence-electron chi connectivity index (χ4n) is 2.70. The smallest absolute Gasteiger partial charge is 0.321 e. The molecule has 0 unspecified atom stereocenters. The number of carbonyl (C=O) groups is 2. The first kappa shape index (κ1) is 16.8. The summed E-state index contributed by atoms with van der Waals surface area (Å²) in [5, 5.41) is 7.67. The van der Waals surface area contributed by atoms with Crippen LogP contribution in [-0.4, -0.2) is 37.0 Å². The number of rotatable bonds is 5. The number of carbonyl (C=O) groups excluding carboxylic acids is 2. The summed E-state index contributed by atoms with van der Waals surface area (Å²) in [7, 11) is 1.73. The molecule has 0 spiro atoms. The maximum absolute atomic E-state index is 12.2. The molecule has 6 heteroatoms. The number of hydrogen-bond donors (Lipinski definition) is 2. The quantitative estimate of drug-likeness (QED) is 0.698. The van der Waals surface area contributed by atoms with Crippen molar-refractivity contribution in [3.63, 3.8) is 0 Å². The van der Waals surface area contributed by atoms with E-state index in [9.17, 15) is 9.59 Å². The third-order valence-electron chi connectivity index (χ3n) is 4.02. The van der Waals surface area contributed by atoms with Crippen molar-refractivity contribution in [2.24, 2.45) is 0 Å². The summed E-state index contributed by atoms with van der Waals surface area (Å²) in [5.74, 6) is -0.0637. The van der Waals surface area contributed by atoms with Crippen molar-refractivity contribution in [2.45, 2.75) is 13.3 Å². The van der Waals surface area contributed by atoms with Crippen LogP contribution < -0.4 is 10.6 Å². The van der Waals surface area contributed by atoms with E-state index in [0.717, 1.165) is 21.9 Å².